The molecule has 0 spiro atoms. The molecule has 1 aromatic heterocycles. The van der Waals surface area contributed by atoms with Crippen LogP contribution in [0.1, 0.15) is 29.8 Å². The summed E-state index contributed by atoms with van der Waals surface area (Å²) in [4.78, 5) is 27.5. The first-order valence-corrected chi connectivity index (χ1v) is 8.36. The molecule has 1 atom stereocenters. The zero-order valence-corrected chi connectivity index (χ0v) is 13.7. The molecule has 126 valence electrons. The van der Waals surface area contributed by atoms with Gasteiger partial charge < -0.3 is 14.9 Å². The summed E-state index contributed by atoms with van der Waals surface area (Å²) < 4.78 is 0. The first kappa shape index (κ1) is 16.1. The molecule has 0 bridgehead atoms. The Hall–Kier alpha value is -1.73. The predicted octanol–water partition coefficient (Wildman–Crippen LogP) is 0.215. The van der Waals surface area contributed by atoms with E-state index in [1.165, 1.54) is 0 Å². The number of hydrogen-bond acceptors (Lipinski definition) is 6. The first-order chi connectivity index (χ1) is 11.2. The Morgan fingerprint density at radius 2 is 2.04 bits per heavy atom. The van der Waals surface area contributed by atoms with E-state index in [4.69, 9.17) is 0 Å². The quantitative estimate of drug-likeness (QED) is 0.856. The Bertz CT molecular complexity index is 547. The second kappa shape index (κ2) is 7.23. The number of likely N-dealkylation sites (N-methyl/N-ethyl adjacent to an activating group) is 1. The third kappa shape index (κ3) is 3.61. The van der Waals surface area contributed by atoms with Crippen molar-refractivity contribution in [3.63, 3.8) is 0 Å². The molecule has 0 radical (unpaired) electrons. The summed E-state index contributed by atoms with van der Waals surface area (Å²) in [6.07, 6.45) is 6.17. The van der Waals surface area contributed by atoms with E-state index in [1.807, 2.05) is 4.90 Å². The molecule has 3 rings (SSSR count). The maximum absolute atomic E-state index is 12.5. The van der Waals surface area contributed by atoms with Gasteiger partial charge in [-0.05, 0) is 26.3 Å². The molecule has 2 aliphatic heterocycles. The fourth-order valence-corrected chi connectivity index (χ4v) is 3.31. The monoisotopic (exact) mass is 319 g/mol. The van der Waals surface area contributed by atoms with E-state index in [-0.39, 0.29) is 12.5 Å². The average Bonchev–Trinajstić information content (AvgIpc) is 3.11. The zero-order valence-electron chi connectivity index (χ0n) is 13.7. The molecule has 0 saturated carbocycles. The van der Waals surface area contributed by atoms with E-state index in [0.29, 0.717) is 11.7 Å². The van der Waals surface area contributed by atoms with Gasteiger partial charge in [-0.1, -0.05) is 0 Å². The number of aliphatic hydroxyl groups is 1. The summed E-state index contributed by atoms with van der Waals surface area (Å²) in [5.41, 5.74) is 0.432. The molecule has 0 aliphatic carbocycles. The molecule has 1 aromatic rings. The van der Waals surface area contributed by atoms with Crippen LogP contribution in [0.15, 0.2) is 12.4 Å². The van der Waals surface area contributed by atoms with Crippen molar-refractivity contribution in [1.82, 2.24) is 19.8 Å². The predicted molar refractivity (Wildman–Crippen MR) is 87.5 cm³/mol. The standard InChI is InChI=1S/C16H25N5O2/c1-19-7-8-21(12-13(19)4-9-22)15-11-17-10-14(18-15)16(23)20-5-2-3-6-20/h10-11,13,22H,2-9,12H2,1H3/t13-/m1/s1. The summed E-state index contributed by atoms with van der Waals surface area (Å²) in [6, 6.07) is 0.300. The van der Waals surface area contributed by atoms with Gasteiger partial charge in [0.15, 0.2) is 0 Å². The molecule has 2 fully saturated rings. The van der Waals surface area contributed by atoms with Crippen molar-refractivity contribution in [2.45, 2.75) is 25.3 Å². The molecule has 1 amide bonds. The number of carbonyl (C=O) groups excluding carboxylic acids is 1. The Morgan fingerprint density at radius 3 is 2.78 bits per heavy atom. The zero-order chi connectivity index (χ0) is 16.2. The molecule has 3 heterocycles. The lowest BCUT2D eigenvalue weighted by Crippen LogP contribution is -2.52. The van der Waals surface area contributed by atoms with E-state index >= 15 is 0 Å². The smallest absolute Gasteiger partial charge is 0.274 e. The Kier molecular flexibility index (Phi) is 5.07. The normalized spacial score (nSPS) is 22.6. The number of piperazine rings is 1. The van der Waals surface area contributed by atoms with Crippen molar-refractivity contribution in [3.8, 4) is 0 Å². The minimum atomic E-state index is -0.0158. The number of rotatable bonds is 4. The van der Waals surface area contributed by atoms with Gasteiger partial charge in [0.25, 0.3) is 5.91 Å². The third-order valence-corrected chi connectivity index (χ3v) is 4.80. The van der Waals surface area contributed by atoms with Crippen LogP contribution in [-0.2, 0) is 0 Å². The molecule has 1 N–H and O–H groups in total. The van der Waals surface area contributed by atoms with Crippen LogP contribution in [0, 0.1) is 0 Å². The Balaban J connectivity index is 1.72. The minimum absolute atomic E-state index is 0.0158. The van der Waals surface area contributed by atoms with Crippen molar-refractivity contribution < 1.29 is 9.90 Å². The van der Waals surface area contributed by atoms with Crippen LogP contribution in [0.2, 0.25) is 0 Å². The molecule has 0 unspecified atom stereocenters. The number of nitrogens with zero attached hydrogens (tertiary/aromatic N) is 5. The van der Waals surface area contributed by atoms with Gasteiger partial charge in [0.05, 0.1) is 12.4 Å². The molecule has 23 heavy (non-hydrogen) atoms. The van der Waals surface area contributed by atoms with Crippen LogP contribution in [0.4, 0.5) is 5.82 Å². The van der Waals surface area contributed by atoms with E-state index in [2.05, 4.69) is 26.8 Å². The van der Waals surface area contributed by atoms with Gasteiger partial charge in [0.1, 0.15) is 11.5 Å². The van der Waals surface area contributed by atoms with Gasteiger partial charge in [0.2, 0.25) is 0 Å². The average molecular weight is 319 g/mol. The molecule has 0 aromatic carbocycles. The Labute approximate surface area is 136 Å². The summed E-state index contributed by atoms with van der Waals surface area (Å²) in [6.45, 7) is 4.38. The largest absolute Gasteiger partial charge is 0.396 e. The SMILES string of the molecule is CN1CCN(c2cncc(C(=O)N3CCCC3)n2)C[C@H]1CCO. The van der Waals surface area contributed by atoms with Gasteiger partial charge in [-0.25, -0.2) is 4.98 Å². The lowest BCUT2D eigenvalue weighted by Gasteiger charge is -2.39. The highest BCUT2D eigenvalue weighted by atomic mass is 16.3. The molecule has 2 aliphatic rings. The number of anilines is 1. The van der Waals surface area contributed by atoms with E-state index < -0.39 is 0 Å². The molecule has 2 saturated heterocycles. The van der Waals surface area contributed by atoms with Crippen molar-refractivity contribution in [2.75, 3.05) is 51.3 Å². The number of aromatic nitrogens is 2. The van der Waals surface area contributed by atoms with Gasteiger partial charge >= 0.3 is 0 Å². The van der Waals surface area contributed by atoms with Crippen LogP contribution in [0.3, 0.4) is 0 Å². The number of aliphatic hydroxyl groups excluding tert-OH is 1. The maximum atomic E-state index is 12.5. The lowest BCUT2D eigenvalue weighted by molar-refractivity contribution is 0.0786. The topological polar surface area (TPSA) is 72.8 Å². The summed E-state index contributed by atoms with van der Waals surface area (Å²) in [5, 5.41) is 9.21. The van der Waals surface area contributed by atoms with E-state index in [1.54, 1.807) is 12.4 Å². The second-order valence-corrected chi connectivity index (χ2v) is 6.35. The highest BCUT2D eigenvalue weighted by molar-refractivity contribution is 5.92. The van der Waals surface area contributed by atoms with Crippen molar-refractivity contribution in [3.05, 3.63) is 18.1 Å². The molecule has 7 nitrogen and oxygen atoms in total. The fourth-order valence-electron chi connectivity index (χ4n) is 3.31. The highest BCUT2D eigenvalue weighted by Gasteiger charge is 2.26. The van der Waals surface area contributed by atoms with Crippen molar-refractivity contribution in [1.29, 1.82) is 0 Å². The lowest BCUT2D eigenvalue weighted by atomic mass is 10.1. The molecule has 7 heteroatoms. The summed E-state index contributed by atoms with van der Waals surface area (Å²) in [5.74, 6) is 0.740. The molecular formula is C16H25N5O2. The number of hydrogen-bond donors (Lipinski definition) is 1. The number of amides is 1. The fraction of sp³-hybridized carbons (Fsp3) is 0.688. The van der Waals surface area contributed by atoms with Crippen molar-refractivity contribution in [2.24, 2.45) is 0 Å². The Morgan fingerprint density at radius 1 is 1.26 bits per heavy atom. The molecular weight excluding hydrogens is 294 g/mol. The van der Waals surface area contributed by atoms with Crippen LogP contribution < -0.4 is 4.90 Å². The van der Waals surface area contributed by atoms with E-state index in [0.717, 1.165) is 57.8 Å². The third-order valence-electron chi connectivity index (χ3n) is 4.80. The second-order valence-electron chi connectivity index (χ2n) is 6.35. The number of likely N-dealkylation sites (tertiary alicyclic amines) is 1. The van der Waals surface area contributed by atoms with Gasteiger partial charge in [0, 0.05) is 45.4 Å². The summed E-state index contributed by atoms with van der Waals surface area (Å²) in [7, 11) is 2.08. The number of carbonyl (C=O) groups is 1. The van der Waals surface area contributed by atoms with E-state index in [9.17, 15) is 9.90 Å². The van der Waals surface area contributed by atoms with Crippen LogP contribution in [0.5, 0.6) is 0 Å². The van der Waals surface area contributed by atoms with Gasteiger partial charge in [-0.2, -0.15) is 0 Å². The summed E-state index contributed by atoms with van der Waals surface area (Å²) >= 11 is 0. The van der Waals surface area contributed by atoms with Crippen LogP contribution in [-0.4, -0.2) is 83.2 Å². The van der Waals surface area contributed by atoms with Crippen molar-refractivity contribution >= 4 is 11.7 Å². The maximum Gasteiger partial charge on any atom is 0.274 e. The minimum Gasteiger partial charge on any atom is -0.396 e. The highest BCUT2D eigenvalue weighted by Crippen LogP contribution is 2.18. The first-order valence-electron chi connectivity index (χ1n) is 8.36. The van der Waals surface area contributed by atoms with Gasteiger partial charge in [-0.3, -0.25) is 14.7 Å². The van der Waals surface area contributed by atoms with Crippen LogP contribution >= 0.6 is 0 Å². The van der Waals surface area contributed by atoms with Crippen LogP contribution in [0.25, 0.3) is 0 Å². The van der Waals surface area contributed by atoms with Gasteiger partial charge in [-0.15, -0.1) is 0 Å².